The summed E-state index contributed by atoms with van der Waals surface area (Å²) >= 11 is 1.52. The number of benzene rings is 1. The van der Waals surface area contributed by atoms with Crippen LogP contribution in [0.3, 0.4) is 0 Å². The zero-order chi connectivity index (χ0) is 14.4. The molecule has 2 aromatic rings. The lowest BCUT2D eigenvalue weighted by Gasteiger charge is -2.10. The molecule has 0 bridgehead atoms. The van der Waals surface area contributed by atoms with Gasteiger partial charge in [0.25, 0.3) is 0 Å². The fourth-order valence-corrected chi connectivity index (χ4v) is 2.10. The summed E-state index contributed by atoms with van der Waals surface area (Å²) < 4.78 is 42.8. The molecule has 0 saturated carbocycles. The van der Waals surface area contributed by atoms with Gasteiger partial charge in [0.1, 0.15) is 12.4 Å². The molecule has 1 heterocycles. The SMILES string of the molecule is FC(F)(F)c1cccc(OCCNCc2cscn2)c1. The lowest BCUT2D eigenvalue weighted by molar-refractivity contribution is -0.137. The van der Waals surface area contributed by atoms with Gasteiger partial charge in [0, 0.05) is 18.5 Å². The number of hydrogen-bond acceptors (Lipinski definition) is 4. The van der Waals surface area contributed by atoms with Crippen molar-refractivity contribution in [3.8, 4) is 5.75 Å². The third-order valence-electron chi connectivity index (χ3n) is 2.50. The smallest absolute Gasteiger partial charge is 0.416 e. The molecule has 108 valence electrons. The summed E-state index contributed by atoms with van der Waals surface area (Å²) in [5, 5.41) is 5.03. The molecule has 0 saturated heterocycles. The Labute approximate surface area is 118 Å². The Bertz CT molecular complexity index is 529. The highest BCUT2D eigenvalue weighted by atomic mass is 32.1. The van der Waals surface area contributed by atoms with E-state index in [-0.39, 0.29) is 5.75 Å². The van der Waals surface area contributed by atoms with Crippen LogP contribution < -0.4 is 10.1 Å². The second-order valence-electron chi connectivity index (χ2n) is 4.03. The van der Waals surface area contributed by atoms with E-state index in [0.29, 0.717) is 19.7 Å². The first kappa shape index (κ1) is 14.8. The molecule has 0 fully saturated rings. The van der Waals surface area contributed by atoms with Gasteiger partial charge in [-0.3, -0.25) is 0 Å². The van der Waals surface area contributed by atoms with Crippen LogP contribution in [-0.4, -0.2) is 18.1 Å². The lowest BCUT2D eigenvalue weighted by atomic mass is 10.2. The predicted octanol–water partition coefficient (Wildman–Crippen LogP) is 3.33. The van der Waals surface area contributed by atoms with Gasteiger partial charge in [-0.25, -0.2) is 4.98 Å². The van der Waals surface area contributed by atoms with E-state index in [4.69, 9.17) is 4.74 Å². The fraction of sp³-hybridized carbons (Fsp3) is 0.308. The average Bonchev–Trinajstić information content (AvgIpc) is 2.91. The van der Waals surface area contributed by atoms with Gasteiger partial charge in [0.05, 0.1) is 16.8 Å². The normalized spacial score (nSPS) is 11.6. The van der Waals surface area contributed by atoms with Gasteiger partial charge in [-0.2, -0.15) is 13.2 Å². The van der Waals surface area contributed by atoms with E-state index in [1.165, 1.54) is 23.5 Å². The zero-order valence-corrected chi connectivity index (χ0v) is 11.3. The molecule has 0 spiro atoms. The Balaban J connectivity index is 1.74. The molecule has 3 nitrogen and oxygen atoms in total. The van der Waals surface area contributed by atoms with Gasteiger partial charge >= 0.3 is 6.18 Å². The Morgan fingerprint density at radius 3 is 2.85 bits per heavy atom. The van der Waals surface area contributed by atoms with Crippen molar-refractivity contribution in [3.63, 3.8) is 0 Å². The molecule has 0 aliphatic rings. The van der Waals surface area contributed by atoms with Gasteiger partial charge in [-0.1, -0.05) is 6.07 Å². The Morgan fingerprint density at radius 2 is 2.15 bits per heavy atom. The number of alkyl halides is 3. The van der Waals surface area contributed by atoms with Crippen LogP contribution in [0.25, 0.3) is 0 Å². The van der Waals surface area contributed by atoms with Crippen LogP contribution in [0, 0.1) is 0 Å². The minimum Gasteiger partial charge on any atom is -0.492 e. The lowest BCUT2D eigenvalue weighted by Crippen LogP contribution is -2.20. The molecule has 0 radical (unpaired) electrons. The summed E-state index contributed by atoms with van der Waals surface area (Å²) in [5.74, 6) is 0.218. The number of rotatable bonds is 6. The number of ether oxygens (including phenoxy) is 1. The number of thiazole rings is 1. The minimum absolute atomic E-state index is 0.218. The Kier molecular flexibility index (Phi) is 4.97. The average molecular weight is 302 g/mol. The number of halogens is 3. The monoisotopic (exact) mass is 302 g/mol. The molecule has 1 N–H and O–H groups in total. The maximum atomic E-state index is 12.5. The molecule has 0 amide bonds. The largest absolute Gasteiger partial charge is 0.492 e. The predicted molar refractivity (Wildman–Crippen MR) is 70.8 cm³/mol. The van der Waals surface area contributed by atoms with Crippen LogP contribution in [0.1, 0.15) is 11.3 Å². The van der Waals surface area contributed by atoms with Crippen molar-refractivity contribution in [1.29, 1.82) is 0 Å². The maximum Gasteiger partial charge on any atom is 0.416 e. The summed E-state index contributed by atoms with van der Waals surface area (Å²) in [4.78, 5) is 4.10. The van der Waals surface area contributed by atoms with E-state index in [1.54, 1.807) is 5.51 Å². The van der Waals surface area contributed by atoms with Crippen molar-refractivity contribution < 1.29 is 17.9 Å². The summed E-state index contributed by atoms with van der Waals surface area (Å²) in [5.41, 5.74) is 1.98. The molecule has 0 atom stereocenters. The van der Waals surface area contributed by atoms with Crippen molar-refractivity contribution in [3.05, 3.63) is 46.4 Å². The summed E-state index contributed by atoms with van der Waals surface area (Å²) in [6, 6.07) is 4.87. The molecular formula is C13H13F3N2OS. The number of nitrogens with one attached hydrogen (secondary N) is 1. The molecule has 0 aliphatic carbocycles. The Morgan fingerprint density at radius 1 is 1.30 bits per heavy atom. The number of hydrogen-bond donors (Lipinski definition) is 1. The maximum absolute atomic E-state index is 12.5. The number of nitrogens with zero attached hydrogens (tertiary/aromatic N) is 1. The van der Waals surface area contributed by atoms with E-state index >= 15 is 0 Å². The highest BCUT2D eigenvalue weighted by Crippen LogP contribution is 2.31. The first-order valence-electron chi connectivity index (χ1n) is 5.93. The molecule has 1 aromatic carbocycles. The second kappa shape index (κ2) is 6.71. The van der Waals surface area contributed by atoms with Crippen molar-refractivity contribution >= 4 is 11.3 Å². The summed E-state index contributed by atoms with van der Waals surface area (Å²) in [7, 11) is 0. The second-order valence-corrected chi connectivity index (χ2v) is 4.75. The first-order valence-corrected chi connectivity index (χ1v) is 6.88. The van der Waals surface area contributed by atoms with E-state index in [9.17, 15) is 13.2 Å². The van der Waals surface area contributed by atoms with Crippen molar-refractivity contribution in [2.45, 2.75) is 12.7 Å². The van der Waals surface area contributed by atoms with Crippen molar-refractivity contribution in [2.75, 3.05) is 13.2 Å². The van der Waals surface area contributed by atoms with E-state index < -0.39 is 11.7 Å². The quantitative estimate of drug-likeness (QED) is 0.831. The van der Waals surface area contributed by atoms with Gasteiger partial charge in [0.2, 0.25) is 0 Å². The van der Waals surface area contributed by atoms with Crippen LogP contribution >= 0.6 is 11.3 Å². The third kappa shape index (κ3) is 4.50. The van der Waals surface area contributed by atoms with Gasteiger partial charge < -0.3 is 10.1 Å². The topological polar surface area (TPSA) is 34.1 Å². The highest BCUT2D eigenvalue weighted by Gasteiger charge is 2.30. The van der Waals surface area contributed by atoms with Gasteiger partial charge in [-0.15, -0.1) is 11.3 Å². The van der Waals surface area contributed by atoms with Crippen LogP contribution in [0.4, 0.5) is 13.2 Å². The zero-order valence-electron chi connectivity index (χ0n) is 10.5. The number of aromatic nitrogens is 1. The minimum atomic E-state index is -4.35. The molecule has 7 heteroatoms. The van der Waals surface area contributed by atoms with Crippen LogP contribution in [0.2, 0.25) is 0 Å². The fourth-order valence-electron chi connectivity index (χ4n) is 1.54. The highest BCUT2D eigenvalue weighted by molar-refractivity contribution is 7.07. The van der Waals surface area contributed by atoms with Crippen LogP contribution in [-0.2, 0) is 12.7 Å². The molecule has 20 heavy (non-hydrogen) atoms. The third-order valence-corrected chi connectivity index (χ3v) is 3.13. The van der Waals surface area contributed by atoms with Crippen LogP contribution in [0.15, 0.2) is 35.2 Å². The van der Waals surface area contributed by atoms with Crippen LogP contribution in [0.5, 0.6) is 5.75 Å². The van der Waals surface area contributed by atoms with Gasteiger partial charge in [-0.05, 0) is 18.2 Å². The molecule has 2 rings (SSSR count). The van der Waals surface area contributed by atoms with Crippen molar-refractivity contribution in [1.82, 2.24) is 10.3 Å². The van der Waals surface area contributed by atoms with Crippen molar-refractivity contribution in [2.24, 2.45) is 0 Å². The van der Waals surface area contributed by atoms with Gasteiger partial charge in [0.15, 0.2) is 0 Å². The first-order chi connectivity index (χ1) is 9.55. The molecule has 0 aliphatic heterocycles. The van der Waals surface area contributed by atoms with E-state index in [2.05, 4.69) is 10.3 Å². The standard InChI is InChI=1S/C13H13F3N2OS/c14-13(15,16)10-2-1-3-12(6-10)19-5-4-17-7-11-8-20-9-18-11/h1-3,6,8-9,17H,4-5,7H2. The molecule has 0 unspecified atom stereocenters. The molecular weight excluding hydrogens is 289 g/mol. The molecule has 1 aromatic heterocycles. The van der Waals surface area contributed by atoms with E-state index in [0.717, 1.165) is 17.8 Å². The summed E-state index contributed by atoms with van der Waals surface area (Å²) in [6.07, 6.45) is -4.35. The summed E-state index contributed by atoms with van der Waals surface area (Å²) in [6.45, 7) is 1.45. The van der Waals surface area contributed by atoms with E-state index in [1.807, 2.05) is 5.38 Å². The Hall–Kier alpha value is -1.60.